The highest BCUT2D eigenvalue weighted by Crippen LogP contribution is 2.69. The molecule has 0 amide bonds. The third kappa shape index (κ3) is 3.41. The first kappa shape index (κ1) is 20.4. The van der Waals surface area contributed by atoms with Crippen molar-refractivity contribution >= 4 is 39.2 Å². The van der Waals surface area contributed by atoms with Gasteiger partial charge in [-0.2, -0.15) is 0 Å². The van der Waals surface area contributed by atoms with Gasteiger partial charge in [-0.05, 0) is 66.4 Å². The Morgan fingerprint density at radius 1 is 0.970 bits per heavy atom. The van der Waals surface area contributed by atoms with E-state index in [4.69, 9.17) is 21.1 Å². The lowest BCUT2D eigenvalue weighted by Gasteiger charge is -2.67. The van der Waals surface area contributed by atoms with Crippen LogP contribution < -0.4 is 4.74 Å². The molecule has 3 fully saturated rings. The first-order chi connectivity index (χ1) is 16.0. The Balaban J connectivity index is 1.14. The summed E-state index contributed by atoms with van der Waals surface area (Å²) in [5, 5.41) is 12.8. The van der Waals surface area contributed by atoms with E-state index in [2.05, 4.69) is 16.0 Å². The molecule has 0 radical (unpaired) electrons. The van der Waals surface area contributed by atoms with Crippen LogP contribution in [0.4, 0.5) is 0 Å². The summed E-state index contributed by atoms with van der Waals surface area (Å²) in [6, 6.07) is 17.8. The number of ether oxygens (including phenoxy) is 2. The number of nitrogens with zero attached hydrogens (tertiary/aromatic N) is 2. The van der Waals surface area contributed by atoms with E-state index in [1.165, 1.54) is 0 Å². The SMILES string of the molecule is O=C(O)C12CC(OCCOc3ccc4cc(-c5nccc6ccc(Cl)nc56)ccc4c3)(C1)C2. The zero-order chi connectivity index (χ0) is 22.6. The molecule has 33 heavy (non-hydrogen) atoms. The minimum absolute atomic E-state index is 0.226. The van der Waals surface area contributed by atoms with Gasteiger partial charge in [0.25, 0.3) is 0 Å². The van der Waals surface area contributed by atoms with Gasteiger partial charge < -0.3 is 14.6 Å². The van der Waals surface area contributed by atoms with Crippen LogP contribution in [0.5, 0.6) is 5.75 Å². The molecule has 0 saturated heterocycles. The summed E-state index contributed by atoms with van der Waals surface area (Å²) < 4.78 is 11.8. The van der Waals surface area contributed by atoms with Gasteiger partial charge in [-0.15, -0.1) is 0 Å². The number of carboxylic acids is 1. The van der Waals surface area contributed by atoms with Gasteiger partial charge >= 0.3 is 5.97 Å². The largest absolute Gasteiger partial charge is 0.491 e. The third-order valence-electron chi connectivity index (χ3n) is 6.86. The third-order valence-corrected chi connectivity index (χ3v) is 7.07. The lowest BCUT2D eigenvalue weighted by molar-refractivity contribution is -0.283. The quantitative estimate of drug-likeness (QED) is 0.289. The van der Waals surface area contributed by atoms with Crippen molar-refractivity contribution in [2.75, 3.05) is 13.2 Å². The molecule has 166 valence electrons. The van der Waals surface area contributed by atoms with Crippen molar-refractivity contribution in [3.8, 4) is 17.0 Å². The number of pyridine rings is 2. The van der Waals surface area contributed by atoms with Gasteiger partial charge in [0, 0.05) is 17.1 Å². The first-order valence-corrected chi connectivity index (χ1v) is 11.3. The summed E-state index contributed by atoms with van der Waals surface area (Å²) in [7, 11) is 0. The molecule has 3 aliphatic carbocycles. The van der Waals surface area contributed by atoms with Crippen LogP contribution >= 0.6 is 11.6 Å². The Bertz CT molecular complexity index is 1400. The van der Waals surface area contributed by atoms with E-state index < -0.39 is 11.4 Å². The second-order valence-electron chi connectivity index (χ2n) is 9.08. The van der Waals surface area contributed by atoms with Crippen molar-refractivity contribution in [1.29, 1.82) is 0 Å². The van der Waals surface area contributed by atoms with E-state index in [0.717, 1.165) is 38.7 Å². The topological polar surface area (TPSA) is 81.5 Å². The predicted octanol–water partition coefficient (Wildman–Crippen LogP) is 5.51. The number of rotatable bonds is 7. The minimum Gasteiger partial charge on any atom is -0.491 e. The van der Waals surface area contributed by atoms with E-state index in [1.807, 2.05) is 42.5 Å². The van der Waals surface area contributed by atoms with E-state index in [-0.39, 0.29) is 5.60 Å². The van der Waals surface area contributed by atoms with Crippen LogP contribution in [-0.4, -0.2) is 39.9 Å². The molecule has 2 aromatic carbocycles. The Labute approximate surface area is 195 Å². The van der Waals surface area contributed by atoms with Crippen molar-refractivity contribution in [2.24, 2.45) is 5.41 Å². The van der Waals surface area contributed by atoms with Gasteiger partial charge in [0.1, 0.15) is 17.5 Å². The van der Waals surface area contributed by atoms with Crippen molar-refractivity contribution in [3.63, 3.8) is 0 Å². The molecule has 7 rings (SSSR count). The van der Waals surface area contributed by atoms with E-state index in [0.29, 0.717) is 37.6 Å². The molecule has 2 aromatic heterocycles. The van der Waals surface area contributed by atoms with Crippen molar-refractivity contribution in [2.45, 2.75) is 24.9 Å². The number of halogens is 1. The smallest absolute Gasteiger partial charge is 0.309 e. The Kier molecular flexibility index (Phi) is 4.57. The monoisotopic (exact) mass is 460 g/mol. The van der Waals surface area contributed by atoms with Crippen LogP contribution in [0.1, 0.15) is 19.3 Å². The molecule has 0 atom stereocenters. The number of hydrogen-bond acceptors (Lipinski definition) is 5. The van der Waals surface area contributed by atoms with Gasteiger partial charge in [-0.3, -0.25) is 9.78 Å². The molecule has 2 heterocycles. The van der Waals surface area contributed by atoms with Crippen LogP contribution in [-0.2, 0) is 9.53 Å². The molecule has 4 aromatic rings. The van der Waals surface area contributed by atoms with Crippen LogP contribution in [0, 0.1) is 5.41 Å². The second-order valence-corrected chi connectivity index (χ2v) is 9.47. The van der Waals surface area contributed by atoms with Crippen molar-refractivity contribution < 1.29 is 19.4 Å². The van der Waals surface area contributed by atoms with E-state index in [1.54, 1.807) is 12.3 Å². The molecule has 3 saturated carbocycles. The maximum Gasteiger partial charge on any atom is 0.309 e. The lowest BCUT2D eigenvalue weighted by atomic mass is 9.41. The molecule has 1 N–H and O–H groups in total. The standard InChI is InChI=1S/C26H21ClN2O4/c27-21-6-4-16-7-8-28-22(23(16)29-21)19-2-1-18-12-20(5-3-17(18)11-19)32-9-10-33-26-13-25(14-26,15-26)24(30)31/h1-8,11-12H,9-10,13-15H2,(H,30,31). The fourth-order valence-corrected chi connectivity index (χ4v) is 5.34. The van der Waals surface area contributed by atoms with Gasteiger partial charge in [0.15, 0.2) is 0 Å². The first-order valence-electron chi connectivity index (χ1n) is 10.9. The van der Waals surface area contributed by atoms with E-state index in [9.17, 15) is 9.90 Å². The van der Waals surface area contributed by atoms with Gasteiger partial charge in [0.05, 0.1) is 28.8 Å². The summed E-state index contributed by atoms with van der Waals surface area (Å²) in [6.45, 7) is 0.882. The number of hydrogen-bond donors (Lipinski definition) is 1. The Morgan fingerprint density at radius 3 is 2.55 bits per heavy atom. The van der Waals surface area contributed by atoms with Crippen LogP contribution in [0.3, 0.4) is 0 Å². The Hall–Kier alpha value is -3.22. The predicted molar refractivity (Wildman–Crippen MR) is 126 cm³/mol. The molecule has 0 spiro atoms. The zero-order valence-corrected chi connectivity index (χ0v) is 18.5. The summed E-state index contributed by atoms with van der Waals surface area (Å²) >= 11 is 6.11. The van der Waals surface area contributed by atoms with Crippen LogP contribution in [0.25, 0.3) is 32.9 Å². The molecule has 6 nitrogen and oxygen atoms in total. The molecule has 3 aliphatic rings. The molecule has 0 unspecified atom stereocenters. The number of carbonyl (C=O) groups is 1. The fraction of sp³-hybridized carbons (Fsp3) is 0.269. The Morgan fingerprint density at radius 2 is 1.73 bits per heavy atom. The summed E-state index contributed by atoms with van der Waals surface area (Å²) in [5.41, 5.74) is 1.82. The summed E-state index contributed by atoms with van der Waals surface area (Å²) in [6.07, 6.45) is 3.66. The maximum absolute atomic E-state index is 11.2. The molecular formula is C26H21ClN2O4. The summed E-state index contributed by atoms with van der Waals surface area (Å²) in [4.78, 5) is 20.2. The lowest BCUT2D eigenvalue weighted by Crippen LogP contribution is -2.71. The van der Waals surface area contributed by atoms with Crippen molar-refractivity contribution in [3.05, 3.63) is 65.9 Å². The number of aliphatic carboxylic acids is 1. The van der Waals surface area contributed by atoms with Crippen LogP contribution in [0.15, 0.2) is 60.8 Å². The fourth-order valence-electron chi connectivity index (χ4n) is 5.19. The normalized spacial score (nSPS) is 23.2. The van der Waals surface area contributed by atoms with E-state index >= 15 is 0 Å². The van der Waals surface area contributed by atoms with Crippen molar-refractivity contribution in [1.82, 2.24) is 9.97 Å². The highest BCUT2D eigenvalue weighted by Gasteiger charge is 2.73. The number of fused-ring (bicyclic) bond motifs is 2. The summed E-state index contributed by atoms with van der Waals surface area (Å²) in [5.74, 6) is 0.0787. The highest BCUT2D eigenvalue weighted by atomic mass is 35.5. The second kappa shape index (κ2) is 7.40. The van der Waals surface area contributed by atoms with Gasteiger partial charge in [-0.1, -0.05) is 29.8 Å². The average molecular weight is 461 g/mol. The number of aromatic nitrogens is 2. The molecular weight excluding hydrogens is 440 g/mol. The zero-order valence-electron chi connectivity index (χ0n) is 17.8. The molecule has 7 heteroatoms. The van der Waals surface area contributed by atoms with Gasteiger partial charge in [-0.25, -0.2) is 4.98 Å². The van der Waals surface area contributed by atoms with Crippen LogP contribution in [0.2, 0.25) is 5.15 Å². The number of carboxylic acid groups (broad SMARTS) is 1. The minimum atomic E-state index is -0.695. The molecule has 0 aliphatic heterocycles. The molecule has 2 bridgehead atoms. The maximum atomic E-state index is 11.2. The van der Waals surface area contributed by atoms with Gasteiger partial charge in [0.2, 0.25) is 0 Å². The highest BCUT2D eigenvalue weighted by molar-refractivity contribution is 6.29. The average Bonchev–Trinajstić information content (AvgIpc) is 2.75. The number of benzene rings is 2.